The van der Waals surface area contributed by atoms with Crippen molar-refractivity contribution in [2.75, 3.05) is 0 Å². The van der Waals surface area contributed by atoms with E-state index >= 15 is 0 Å². The van der Waals surface area contributed by atoms with Gasteiger partial charge in [0.1, 0.15) is 5.75 Å². The van der Waals surface area contributed by atoms with E-state index in [4.69, 9.17) is 4.74 Å². The van der Waals surface area contributed by atoms with Crippen molar-refractivity contribution >= 4 is 0 Å². The second kappa shape index (κ2) is 4.24. The quantitative estimate of drug-likeness (QED) is 0.663. The van der Waals surface area contributed by atoms with Crippen LogP contribution in [0.15, 0.2) is 84.9 Å². The second-order valence-corrected chi connectivity index (χ2v) is 5.04. The van der Waals surface area contributed by atoms with Crippen molar-refractivity contribution < 1.29 is 4.74 Å². The van der Waals surface area contributed by atoms with Gasteiger partial charge in [0.15, 0.2) is 5.60 Å². The maximum absolute atomic E-state index is 6.35. The van der Waals surface area contributed by atoms with E-state index in [0.29, 0.717) is 0 Å². The summed E-state index contributed by atoms with van der Waals surface area (Å²) in [6, 6.07) is 29.2. The molecule has 2 heterocycles. The van der Waals surface area contributed by atoms with Crippen molar-refractivity contribution in [1.82, 2.24) is 0 Å². The maximum atomic E-state index is 6.35. The van der Waals surface area contributed by atoms with Crippen LogP contribution in [0.1, 0.15) is 16.7 Å². The molecule has 2 bridgehead atoms. The number of rotatable bonds is 2. The first-order valence-corrected chi connectivity index (χ1v) is 6.80. The molecule has 3 aromatic rings. The number of fused-ring (bicyclic) bond motifs is 3. The molecule has 0 atom stereocenters. The van der Waals surface area contributed by atoms with Gasteiger partial charge in [0.2, 0.25) is 0 Å². The molecule has 0 fully saturated rings. The fourth-order valence-electron chi connectivity index (χ4n) is 2.96. The van der Waals surface area contributed by atoms with Gasteiger partial charge in [0, 0.05) is 16.7 Å². The van der Waals surface area contributed by atoms with Crippen LogP contribution in [0, 0.1) is 0 Å². The van der Waals surface area contributed by atoms with Gasteiger partial charge < -0.3 is 4.74 Å². The predicted molar refractivity (Wildman–Crippen MR) is 79.8 cm³/mol. The summed E-state index contributed by atoms with van der Waals surface area (Å²) >= 11 is 0. The molecule has 2 aliphatic rings. The fraction of sp³-hybridized carbons (Fsp3) is 0.0526. The van der Waals surface area contributed by atoms with Crippen LogP contribution in [-0.2, 0) is 5.60 Å². The molecular formula is C19H14O. The van der Waals surface area contributed by atoms with Crippen molar-refractivity contribution in [2.24, 2.45) is 0 Å². The lowest BCUT2D eigenvalue weighted by molar-refractivity contribution is 0.146. The Kier molecular flexibility index (Phi) is 2.40. The first kappa shape index (κ1) is 11.3. The normalized spacial score (nSPS) is 14.8. The molecule has 2 aliphatic heterocycles. The Morgan fingerprint density at radius 2 is 0.950 bits per heavy atom. The molecule has 0 saturated carbocycles. The Hall–Kier alpha value is -2.54. The highest BCUT2D eigenvalue weighted by molar-refractivity contribution is 5.52. The van der Waals surface area contributed by atoms with Crippen molar-refractivity contribution in [2.45, 2.75) is 5.60 Å². The molecular weight excluding hydrogens is 244 g/mol. The minimum Gasteiger partial charge on any atom is -0.473 e. The standard InChI is InChI=1S/C19H14O/c1-3-7-15(8-4-1)19(16-9-5-2-6-10-16)17-11-13-18(20-19)14-12-17/h1-14H. The van der Waals surface area contributed by atoms with E-state index in [1.54, 1.807) is 0 Å². The highest BCUT2D eigenvalue weighted by Gasteiger charge is 2.41. The summed E-state index contributed by atoms with van der Waals surface area (Å²) in [5, 5.41) is 0. The predicted octanol–water partition coefficient (Wildman–Crippen LogP) is 4.37. The summed E-state index contributed by atoms with van der Waals surface area (Å²) in [4.78, 5) is 0. The topological polar surface area (TPSA) is 9.23 Å². The Morgan fingerprint density at radius 1 is 0.500 bits per heavy atom. The smallest absolute Gasteiger partial charge is 0.184 e. The molecule has 0 spiro atoms. The van der Waals surface area contributed by atoms with Gasteiger partial charge in [-0.25, -0.2) is 0 Å². The minimum absolute atomic E-state index is 0.513. The zero-order chi connectivity index (χ0) is 13.4. The molecule has 0 aromatic heterocycles. The molecule has 1 heteroatoms. The number of hydrogen-bond donors (Lipinski definition) is 0. The third kappa shape index (κ3) is 1.50. The molecule has 0 aliphatic carbocycles. The number of benzene rings is 3. The highest BCUT2D eigenvalue weighted by Crippen LogP contribution is 2.44. The van der Waals surface area contributed by atoms with E-state index in [-0.39, 0.29) is 0 Å². The van der Waals surface area contributed by atoms with Crippen molar-refractivity contribution in [1.29, 1.82) is 0 Å². The summed E-state index contributed by atoms with van der Waals surface area (Å²) in [6.07, 6.45) is 0. The lowest BCUT2D eigenvalue weighted by Gasteiger charge is -2.39. The van der Waals surface area contributed by atoms with Gasteiger partial charge in [-0.1, -0.05) is 72.8 Å². The zero-order valence-electron chi connectivity index (χ0n) is 11.0. The third-order valence-electron chi connectivity index (χ3n) is 3.89. The van der Waals surface area contributed by atoms with Crippen LogP contribution in [0.3, 0.4) is 0 Å². The van der Waals surface area contributed by atoms with Crippen molar-refractivity contribution in [3.8, 4) is 5.75 Å². The summed E-state index contributed by atoms with van der Waals surface area (Å²) < 4.78 is 6.35. The second-order valence-electron chi connectivity index (χ2n) is 5.04. The first-order valence-electron chi connectivity index (χ1n) is 6.80. The van der Waals surface area contributed by atoms with E-state index in [9.17, 15) is 0 Å². The lowest BCUT2D eigenvalue weighted by atomic mass is 9.78. The van der Waals surface area contributed by atoms with Crippen LogP contribution in [0.25, 0.3) is 0 Å². The molecule has 0 saturated heterocycles. The largest absolute Gasteiger partial charge is 0.473 e. The van der Waals surface area contributed by atoms with E-state index in [1.807, 2.05) is 24.3 Å². The van der Waals surface area contributed by atoms with Gasteiger partial charge >= 0.3 is 0 Å². The maximum Gasteiger partial charge on any atom is 0.184 e. The highest BCUT2D eigenvalue weighted by atomic mass is 16.5. The summed E-state index contributed by atoms with van der Waals surface area (Å²) in [5.41, 5.74) is 2.98. The fourth-order valence-corrected chi connectivity index (χ4v) is 2.96. The third-order valence-corrected chi connectivity index (χ3v) is 3.89. The molecule has 1 nitrogen and oxygen atoms in total. The molecule has 3 aromatic carbocycles. The van der Waals surface area contributed by atoms with Gasteiger partial charge in [0.25, 0.3) is 0 Å². The summed E-state index contributed by atoms with van der Waals surface area (Å²) in [6.45, 7) is 0. The monoisotopic (exact) mass is 258 g/mol. The molecule has 20 heavy (non-hydrogen) atoms. The zero-order valence-corrected chi connectivity index (χ0v) is 11.0. The molecule has 0 N–H and O–H groups in total. The van der Waals surface area contributed by atoms with E-state index < -0.39 is 5.60 Å². The molecule has 96 valence electrons. The van der Waals surface area contributed by atoms with E-state index in [1.165, 1.54) is 5.56 Å². The summed E-state index contributed by atoms with van der Waals surface area (Å²) in [5.74, 6) is 0.910. The first-order chi connectivity index (χ1) is 9.89. The Bertz CT molecular complexity index is 675. The van der Waals surface area contributed by atoms with Gasteiger partial charge in [-0.05, 0) is 12.1 Å². The van der Waals surface area contributed by atoms with Crippen LogP contribution in [-0.4, -0.2) is 0 Å². The van der Waals surface area contributed by atoms with Gasteiger partial charge in [0.05, 0.1) is 0 Å². The Morgan fingerprint density at radius 3 is 1.35 bits per heavy atom. The molecule has 0 amide bonds. The van der Waals surface area contributed by atoms with E-state index in [0.717, 1.165) is 16.9 Å². The Balaban J connectivity index is 2.02. The minimum atomic E-state index is -0.513. The average molecular weight is 258 g/mol. The summed E-state index contributed by atoms with van der Waals surface area (Å²) in [7, 11) is 0. The van der Waals surface area contributed by atoms with Crippen LogP contribution < -0.4 is 4.74 Å². The van der Waals surface area contributed by atoms with Crippen molar-refractivity contribution in [3.63, 3.8) is 0 Å². The molecule has 5 rings (SSSR count). The Labute approximate surface area is 118 Å². The van der Waals surface area contributed by atoms with Crippen LogP contribution in [0.5, 0.6) is 5.75 Å². The number of ether oxygens (including phenoxy) is 1. The van der Waals surface area contributed by atoms with Crippen LogP contribution >= 0.6 is 0 Å². The van der Waals surface area contributed by atoms with Gasteiger partial charge in [-0.2, -0.15) is 0 Å². The van der Waals surface area contributed by atoms with Gasteiger partial charge in [-0.15, -0.1) is 0 Å². The van der Waals surface area contributed by atoms with Crippen molar-refractivity contribution in [3.05, 3.63) is 102 Å². The molecule has 0 unspecified atom stereocenters. The van der Waals surface area contributed by atoms with Crippen LogP contribution in [0.4, 0.5) is 0 Å². The SMILES string of the molecule is c1ccc(C2(c3ccccc3)Oc3ccc2cc3)cc1. The van der Waals surface area contributed by atoms with E-state index in [2.05, 4.69) is 60.7 Å². The van der Waals surface area contributed by atoms with Crippen LogP contribution in [0.2, 0.25) is 0 Å². The molecule has 0 radical (unpaired) electrons. The number of hydrogen-bond acceptors (Lipinski definition) is 1. The average Bonchev–Trinajstić information content (AvgIpc) is 2.57. The van der Waals surface area contributed by atoms with Gasteiger partial charge in [-0.3, -0.25) is 0 Å². The lowest BCUT2D eigenvalue weighted by Crippen LogP contribution is -2.38.